The average Bonchev–Trinajstić information content (AvgIpc) is 2.80. The van der Waals surface area contributed by atoms with Crippen molar-refractivity contribution >= 4 is 27.5 Å². The maximum atomic E-state index is 6.60. The van der Waals surface area contributed by atoms with Crippen LogP contribution in [0.3, 0.4) is 0 Å². The third-order valence-corrected chi connectivity index (χ3v) is 5.18. The summed E-state index contributed by atoms with van der Waals surface area (Å²) >= 11 is 10.2. The molecule has 1 aliphatic carbocycles. The maximum absolute atomic E-state index is 6.60. The summed E-state index contributed by atoms with van der Waals surface area (Å²) in [6.45, 7) is 8.86. The first kappa shape index (κ1) is 12.4. The van der Waals surface area contributed by atoms with Crippen molar-refractivity contribution < 1.29 is 0 Å². The van der Waals surface area contributed by atoms with Gasteiger partial charge in [0.25, 0.3) is 0 Å². The van der Waals surface area contributed by atoms with Gasteiger partial charge in [-0.3, -0.25) is 0 Å². The first-order valence-electron chi connectivity index (χ1n) is 5.73. The molecule has 0 heterocycles. The molecule has 2 heteroatoms. The Bertz CT molecular complexity index is 423. The lowest BCUT2D eigenvalue weighted by Crippen LogP contribution is -2.02. The lowest BCUT2D eigenvalue weighted by atomic mass is 9.97. The molecule has 0 amide bonds. The van der Waals surface area contributed by atoms with Crippen LogP contribution in [0.1, 0.15) is 42.3 Å². The Kier molecular flexibility index (Phi) is 3.13. The van der Waals surface area contributed by atoms with E-state index in [1.165, 1.54) is 27.6 Å². The molecule has 16 heavy (non-hydrogen) atoms. The minimum atomic E-state index is 0.168. The molecule has 0 nitrogen and oxygen atoms in total. The fraction of sp³-hybridized carbons (Fsp3) is 0.571. The average molecular weight is 302 g/mol. The molecule has 0 spiro atoms. The molecule has 0 aliphatic heterocycles. The lowest BCUT2D eigenvalue weighted by molar-refractivity contribution is 0.547. The zero-order chi connectivity index (χ0) is 12.1. The SMILES string of the molecule is Cc1cc(C(Cl)C2CC2(C)C)c(C)cc1Br. The molecule has 1 fully saturated rings. The Labute approximate surface area is 112 Å². The van der Waals surface area contributed by atoms with Gasteiger partial charge in [0.1, 0.15) is 0 Å². The molecular weight excluding hydrogens is 284 g/mol. The summed E-state index contributed by atoms with van der Waals surface area (Å²) in [6.07, 6.45) is 1.25. The third kappa shape index (κ3) is 2.17. The van der Waals surface area contributed by atoms with Crippen LogP contribution in [0.5, 0.6) is 0 Å². The maximum Gasteiger partial charge on any atom is 0.0621 e. The normalized spacial score (nSPS) is 24.2. The fourth-order valence-corrected chi connectivity index (χ4v) is 3.45. The van der Waals surface area contributed by atoms with E-state index in [0.29, 0.717) is 11.3 Å². The van der Waals surface area contributed by atoms with Crippen LogP contribution in [0.15, 0.2) is 16.6 Å². The minimum absolute atomic E-state index is 0.168. The van der Waals surface area contributed by atoms with Gasteiger partial charge in [-0.15, -0.1) is 11.6 Å². The first-order chi connectivity index (χ1) is 7.33. The number of benzene rings is 1. The highest BCUT2D eigenvalue weighted by molar-refractivity contribution is 9.10. The number of hydrogen-bond acceptors (Lipinski definition) is 0. The van der Waals surface area contributed by atoms with E-state index < -0.39 is 0 Å². The van der Waals surface area contributed by atoms with Crippen LogP contribution in [0.25, 0.3) is 0 Å². The van der Waals surface area contributed by atoms with E-state index in [-0.39, 0.29) is 5.38 Å². The van der Waals surface area contributed by atoms with Crippen LogP contribution in [-0.2, 0) is 0 Å². The van der Waals surface area contributed by atoms with Crippen molar-refractivity contribution in [2.45, 2.75) is 39.5 Å². The van der Waals surface area contributed by atoms with E-state index in [2.05, 4.69) is 55.8 Å². The first-order valence-corrected chi connectivity index (χ1v) is 6.96. The Morgan fingerprint density at radius 1 is 1.31 bits per heavy atom. The second kappa shape index (κ2) is 4.03. The van der Waals surface area contributed by atoms with E-state index in [4.69, 9.17) is 11.6 Å². The van der Waals surface area contributed by atoms with Gasteiger partial charge >= 0.3 is 0 Å². The highest BCUT2D eigenvalue weighted by Crippen LogP contribution is 2.60. The van der Waals surface area contributed by atoms with Gasteiger partial charge in [-0.1, -0.05) is 35.8 Å². The summed E-state index contributed by atoms with van der Waals surface area (Å²) in [5, 5.41) is 0.168. The van der Waals surface area contributed by atoms with Gasteiger partial charge in [0.05, 0.1) is 5.38 Å². The summed E-state index contributed by atoms with van der Waals surface area (Å²) in [5.41, 5.74) is 4.29. The molecule has 1 saturated carbocycles. The molecule has 0 N–H and O–H groups in total. The van der Waals surface area contributed by atoms with Gasteiger partial charge in [-0.05, 0) is 54.4 Å². The molecule has 1 aromatic carbocycles. The molecule has 2 atom stereocenters. The second-order valence-electron chi connectivity index (χ2n) is 5.66. The quantitative estimate of drug-likeness (QED) is 0.642. The van der Waals surface area contributed by atoms with E-state index in [1.807, 2.05) is 0 Å². The minimum Gasteiger partial charge on any atom is -0.117 e. The number of hydrogen-bond donors (Lipinski definition) is 0. The topological polar surface area (TPSA) is 0 Å². The van der Waals surface area contributed by atoms with Crippen LogP contribution in [0, 0.1) is 25.2 Å². The largest absolute Gasteiger partial charge is 0.117 e. The van der Waals surface area contributed by atoms with Crippen LogP contribution in [-0.4, -0.2) is 0 Å². The molecule has 2 rings (SSSR count). The van der Waals surface area contributed by atoms with Crippen LogP contribution in [0.2, 0.25) is 0 Å². The van der Waals surface area contributed by atoms with Crippen molar-refractivity contribution in [3.05, 3.63) is 33.3 Å². The van der Waals surface area contributed by atoms with E-state index in [1.54, 1.807) is 0 Å². The van der Waals surface area contributed by atoms with Crippen molar-refractivity contribution in [2.24, 2.45) is 11.3 Å². The summed E-state index contributed by atoms with van der Waals surface area (Å²) in [4.78, 5) is 0. The second-order valence-corrected chi connectivity index (χ2v) is 6.98. The molecule has 0 aromatic heterocycles. The van der Waals surface area contributed by atoms with Gasteiger partial charge in [-0.25, -0.2) is 0 Å². The van der Waals surface area contributed by atoms with Gasteiger partial charge in [0, 0.05) is 4.47 Å². The van der Waals surface area contributed by atoms with Crippen molar-refractivity contribution in [3.63, 3.8) is 0 Å². The van der Waals surface area contributed by atoms with Crippen molar-refractivity contribution in [1.82, 2.24) is 0 Å². The number of aryl methyl sites for hydroxylation is 2. The van der Waals surface area contributed by atoms with Gasteiger partial charge in [0.2, 0.25) is 0 Å². The van der Waals surface area contributed by atoms with Gasteiger partial charge in [0.15, 0.2) is 0 Å². The van der Waals surface area contributed by atoms with Gasteiger partial charge in [-0.2, -0.15) is 0 Å². The Balaban J connectivity index is 2.31. The van der Waals surface area contributed by atoms with Crippen molar-refractivity contribution in [3.8, 4) is 0 Å². The monoisotopic (exact) mass is 300 g/mol. The summed E-state index contributed by atoms with van der Waals surface area (Å²) in [5.74, 6) is 0.633. The highest BCUT2D eigenvalue weighted by atomic mass is 79.9. The Morgan fingerprint density at radius 2 is 1.88 bits per heavy atom. The molecule has 1 aliphatic rings. The smallest absolute Gasteiger partial charge is 0.0621 e. The summed E-state index contributed by atoms with van der Waals surface area (Å²) < 4.78 is 1.17. The standard InChI is InChI=1S/C14H18BrCl/c1-8-6-12(15)9(2)5-10(8)13(16)11-7-14(11,3)4/h5-6,11,13H,7H2,1-4H3. The van der Waals surface area contributed by atoms with Crippen molar-refractivity contribution in [2.75, 3.05) is 0 Å². The van der Waals surface area contributed by atoms with Crippen LogP contribution < -0.4 is 0 Å². The lowest BCUT2D eigenvalue weighted by Gasteiger charge is -2.16. The number of alkyl halides is 1. The zero-order valence-electron chi connectivity index (χ0n) is 10.3. The van der Waals surface area contributed by atoms with E-state index >= 15 is 0 Å². The summed E-state index contributed by atoms with van der Waals surface area (Å²) in [7, 11) is 0. The molecule has 0 bridgehead atoms. The van der Waals surface area contributed by atoms with Crippen molar-refractivity contribution in [1.29, 1.82) is 0 Å². The van der Waals surface area contributed by atoms with E-state index in [9.17, 15) is 0 Å². The fourth-order valence-electron chi connectivity index (χ4n) is 2.32. The molecular formula is C14H18BrCl. The predicted molar refractivity (Wildman–Crippen MR) is 74.1 cm³/mol. The Hall–Kier alpha value is -0.0100. The molecule has 88 valence electrons. The Morgan fingerprint density at radius 3 is 2.38 bits per heavy atom. The van der Waals surface area contributed by atoms with E-state index in [0.717, 1.165) is 0 Å². The molecule has 0 radical (unpaired) electrons. The highest BCUT2D eigenvalue weighted by Gasteiger charge is 2.50. The molecule has 1 aromatic rings. The predicted octanol–water partition coefficient (Wildman–Crippen LogP) is 5.39. The van der Waals surface area contributed by atoms with Crippen LogP contribution in [0.4, 0.5) is 0 Å². The van der Waals surface area contributed by atoms with Gasteiger partial charge < -0.3 is 0 Å². The molecule has 0 saturated heterocycles. The number of rotatable bonds is 2. The molecule has 2 unspecified atom stereocenters. The van der Waals surface area contributed by atoms with Crippen LogP contribution >= 0.6 is 27.5 Å². The third-order valence-electron chi connectivity index (χ3n) is 3.79. The number of halogens is 2. The summed E-state index contributed by atoms with van der Waals surface area (Å²) in [6, 6.07) is 4.40. The zero-order valence-corrected chi connectivity index (χ0v) is 12.6.